The van der Waals surface area contributed by atoms with Crippen LogP contribution in [0.4, 0.5) is 0 Å². The number of hydroxylamine groups is 2. The Morgan fingerprint density at radius 1 is 0.850 bits per heavy atom. The first-order valence-electron chi connectivity index (χ1n) is 16.1. The van der Waals surface area contributed by atoms with E-state index >= 15 is 0 Å². The quantitative estimate of drug-likeness (QED) is 0.314. The van der Waals surface area contributed by atoms with Crippen LogP contribution >= 0.6 is 0 Å². The van der Waals surface area contributed by atoms with E-state index in [1.54, 1.807) is 0 Å². The van der Waals surface area contributed by atoms with E-state index < -0.39 is 17.2 Å². The maximum Gasteiger partial charge on any atom is 0.339 e. The van der Waals surface area contributed by atoms with Gasteiger partial charge in [0.2, 0.25) is 0 Å². The third kappa shape index (κ3) is 3.46. The van der Waals surface area contributed by atoms with Gasteiger partial charge < -0.3 is 9.94 Å². The predicted molar refractivity (Wildman–Crippen MR) is 152 cm³/mol. The Balaban J connectivity index is 1.36. The zero-order chi connectivity index (χ0) is 29.0. The zero-order valence-electron chi connectivity index (χ0n) is 25.7. The van der Waals surface area contributed by atoms with Crippen LogP contribution in [0.15, 0.2) is 12.2 Å². The first kappa shape index (κ1) is 28.4. The summed E-state index contributed by atoms with van der Waals surface area (Å²) in [6.07, 6.45) is 9.91. The van der Waals surface area contributed by atoms with Gasteiger partial charge in [-0.25, -0.2) is 4.79 Å². The van der Waals surface area contributed by atoms with Gasteiger partial charge in [0.05, 0.1) is 11.5 Å². The molecule has 222 valence electrons. The fraction of sp³-hybridized carbons (Fsp3) is 0.853. The summed E-state index contributed by atoms with van der Waals surface area (Å²) >= 11 is 0. The summed E-state index contributed by atoms with van der Waals surface area (Å²) in [5, 5.41) is 11.7. The number of hydrogen-bond acceptors (Lipinski definition) is 5. The van der Waals surface area contributed by atoms with Gasteiger partial charge >= 0.3 is 5.97 Å². The molecular formula is C34H51NO5. The number of hydrogen-bond donors (Lipinski definition) is 1. The third-order valence-electron chi connectivity index (χ3n) is 14.6. The molecule has 5 saturated carbocycles. The largest absolute Gasteiger partial charge is 0.393 e. The summed E-state index contributed by atoms with van der Waals surface area (Å²) < 4.78 is 0. The molecule has 0 bridgehead atoms. The Morgan fingerprint density at radius 3 is 2.17 bits per heavy atom. The molecule has 0 radical (unpaired) electrons. The van der Waals surface area contributed by atoms with Gasteiger partial charge in [0.15, 0.2) is 0 Å². The van der Waals surface area contributed by atoms with E-state index in [1.807, 2.05) is 0 Å². The van der Waals surface area contributed by atoms with Crippen molar-refractivity contribution in [2.45, 2.75) is 125 Å². The monoisotopic (exact) mass is 553 g/mol. The Morgan fingerprint density at radius 2 is 1.52 bits per heavy atom. The van der Waals surface area contributed by atoms with Crippen LogP contribution in [0.3, 0.4) is 0 Å². The molecule has 6 heteroatoms. The van der Waals surface area contributed by atoms with Gasteiger partial charge in [-0.1, -0.05) is 46.8 Å². The van der Waals surface area contributed by atoms with E-state index in [4.69, 9.17) is 4.84 Å². The number of imide groups is 1. The molecule has 1 aliphatic heterocycles. The van der Waals surface area contributed by atoms with Crippen LogP contribution in [0.25, 0.3) is 0 Å². The maximum absolute atomic E-state index is 14.1. The van der Waals surface area contributed by atoms with Crippen LogP contribution in [0.5, 0.6) is 0 Å². The summed E-state index contributed by atoms with van der Waals surface area (Å²) in [5.41, 5.74) is 0.839. The molecule has 10 atom stereocenters. The number of rotatable bonds is 3. The molecule has 2 amide bonds. The second kappa shape index (κ2) is 8.91. The lowest BCUT2D eigenvalue weighted by Gasteiger charge is -2.72. The fourth-order valence-electron chi connectivity index (χ4n) is 12.3. The van der Waals surface area contributed by atoms with Gasteiger partial charge in [0.1, 0.15) is 0 Å². The normalized spacial score (nSPS) is 49.5. The Hall–Kier alpha value is -1.69. The lowest BCUT2D eigenvalue weighted by molar-refractivity contribution is -0.252. The Bertz CT molecular complexity index is 1130. The highest BCUT2D eigenvalue weighted by Gasteiger charge is 2.72. The van der Waals surface area contributed by atoms with Crippen LogP contribution < -0.4 is 0 Å². The molecule has 0 aromatic heterocycles. The van der Waals surface area contributed by atoms with Crippen LogP contribution in [0, 0.1) is 56.7 Å². The van der Waals surface area contributed by atoms with Gasteiger partial charge in [0, 0.05) is 12.8 Å². The number of fused-ring (bicyclic) bond motifs is 7. The molecule has 40 heavy (non-hydrogen) atoms. The predicted octanol–water partition coefficient (Wildman–Crippen LogP) is 6.61. The van der Waals surface area contributed by atoms with E-state index in [-0.39, 0.29) is 58.4 Å². The highest BCUT2D eigenvalue weighted by Crippen LogP contribution is 2.77. The molecule has 1 N–H and O–H groups in total. The van der Waals surface area contributed by atoms with Gasteiger partial charge in [-0.05, 0) is 122 Å². The molecule has 6 rings (SSSR count). The van der Waals surface area contributed by atoms with Crippen LogP contribution in [-0.4, -0.2) is 34.1 Å². The van der Waals surface area contributed by atoms with Crippen LogP contribution in [0.1, 0.15) is 119 Å². The van der Waals surface area contributed by atoms with Crippen LogP contribution in [0.2, 0.25) is 0 Å². The average molecular weight is 554 g/mol. The molecule has 0 unspecified atom stereocenters. The molecule has 1 saturated heterocycles. The number of allylic oxidation sites excluding steroid dienone is 1. The van der Waals surface area contributed by atoms with E-state index in [0.717, 1.165) is 68.4 Å². The number of amides is 2. The highest BCUT2D eigenvalue weighted by atomic mass is 16.7. The second-order valence-corrected chi connectivity index (χ2v) is 16.2. The topological polar surface area (TPSA) is 83.9 Å². The van der Waals surface area contributed by atoms with E-state index in [9.17, 15) is 19.5 Å². The molecule has 5 aliphatic carbocycles. The van der Waals surface area contributed by atoms with Crippen molar-refractivity contribution in [1.82, 2.24) is 5.06 Å². The minimum absolute atomic E-state index is 0.0709. The lowest BCUT2D eigenvalue weighted by Crippen LogP contribution is -2.67. The molecule has 6 nitrogen and oxygen atoms in total. The van der Waals surface area contributed by atoms with Crippen molar-refractivity contribution in [1.29, 1.82) is 0 Å². The fourth-order valence-corrected chi connectivity index (χ4v) is 12.3. The van der Waals surface area contributed by atoms with Crippen molar-refractivity contribution in [2.75, 3.05) is 0 Å². The Labute approximate surface area is 240 Å². The molecule has 0 aromatic rings. The smallest absolute Gasteiger partial charge is 0.339 e. The number of aliphatic hydroxyl groups is 1. The van der Waals surface area contributed by atoms with Gasteiger partial charge in [-0.2, -0.15) is 0 Å². The average Bonchev–Trinajstić information content (AvgIpc) is 3.43. The molecule has 6 fully saturated rings. The summed E-state index contributed by atoms with van der Waals surface area (Å²) in [6.45, 7) is 18.7. The van der Waals surface area contributed by atoms with Gasteiger partial charge in [0.25, 0.3) is 11.8 Å². The summed E-state index contributed by atoms with van der Waals surface area (Å²) in [7, 11) is 0. The van der Waals surface area contributed by atoms with Crippen molar-refractivity contribution in [3.8, 4) is 0 Å². The number of nitrogens with zero attached hydrogens (tertiary/aromatic N) is 1. The first-order valence-corrected chi connectivity index (χ1v) is 16.1. The molecule has 1 heterocycles. The number of aliphatic hydroxyl groups excluding tert-OH is 1. The van der Waals surface area contributed by atoms with E-state index in [0.29, 0.717) is 17.8 Å². The lowest BCUT2D eigenvalue weighted by atomic mass is 9.32. The molecule has 0 spiro atoms. The molecular weight excluding hydrogens is 502 g/mol. The summed E-state index contributed by atoms with van der Waals surface area (Å²) in [4.78, 5) is 44.5. The van der Waals surface area contributed by atoms with Crippen molar-refractivity contribution in [3.05, 3.63) is 12.2 Å². The number of carbonyl (C=O) groups excluding carboxylic acids is 3. The van der Waals surface area contributed by atoms with Crippen molar-refractivity contribution in [2.24, 2.45) is 56.7 Å². The third-order valence-corrected chi connectivity index (χ3v) is 14.6. The van der Waals surface area contributed by atoms with Crippen LogP contribution in [-0.2, 0) is 19.2 Å². The van der Waals surface area contributed by atoms with E-state index in [2.05, 4.69) is 48.1 Å². The minimum Gasteiger partial charge on any atom is -0.393 e. The SMILES string of the molecule is C=C(C)[C@@H]1CC[C@]2(C(=O)ON3C(=O)CCC3=O)CC[C@]3(C)[C@H](CC[C@@H]4[C@@]5(C)CC[C@H](O)C(C)(C)[C@@H]5CC[C@]43C)[C@@H]12. The summed E-state index contributed by atoms with van der Waals surface area (Å²) in [5.74, 6) is 0.680. The minimum atomic E-state index is -0.668. The maximum atomic E-state index is 14.1. The molecule has 0 aromatic carbocycles. The highest BCUT2D eigenvalue weighted by molar-refractivity contribution is 6.01. The van der Waals surface area contributed by atoms with Crippen molar-refractivity contribution in [3.63, 3.8) is 0 Å². The zero-order valence-corrected chi connectivity index (χ0v) is 25.7. The first-order chi connectivity index (χ1) is 18.6. The molecule has 6 aliphatic rings. The number of carbonyl (C=O) groups is 3. The van der Waals surface area contributed by atoms with Gasteiger partial charge in [-0.15, -0.1) is 5.06 Å². The Kier molecular flexibility index (Phi) is 6.33. The van der Waals surface area contributed by atoms with Crippen molar-refractivity contribution >= 4 is 17.8 Å². The van der Waals surface area contributed by atoms with Gasteiger partial charge in [-0.3, -0.25) is 9.59 Å². The summed E-state index contributed by atoms with van der Waals surface area (Å²) in [6, 6.07) is 0. The standard InChI is InChI=1S/C34H51NO5/c1-20(2)21-12-17-34(29(39)40-35-26(37)10-11-27(35)38)19-18-32(6)22(28(21)34)8-9-24-31(5)15-14-25(36)30(3,4)23(31)13-16-33(24,32)7/h21-25,28,36H,1,8-19H2,2-7H3/t21-,22+,23-,24+,25-,28+,31-,32+,33+,34-/m0/s1. The van der Waals surface area contributed by atoms with E-state index in [1.165, 1.54) is 6.42 Å². The second-order valence-electron chi connectivity index (χ2n) is 16.2. The van der Waals surface area contributed by atoms with Crippen molar-refractivity contribution < 1.29 is 24.3 Å².